The van der Waals surface area contributed by atoms with E-state index in [2.05, 4.69) is 96.4 Å². The lowest BCUT2D eigenvalue weighted by Gasteiger charge is -2.26. The van der Waals surface area contributed by atoms with Gasteiger partial charge in [0.05, 0.1) is 33.5 Å². The van der Waals surface area contributed by atoms with E-state index in [1.807, 2.05) is 97.1 Å². The molecule has 8 rings (SSSR count). The lowest BCUT2D eigenvalue weighted by molar-refractivity contribution is -0.143. The zero-order valence-corrected chi connectivity index (χ0v) is 46.4. The van der Waals surface area contributed by atoms with Crippen LogP contribution in [0.2, 0.25) is 0 Å². The first-order chi connectivity index (χ1) is 39.8. The van der Waals surface area contributed by atoms with Crippen molar-refractivity contribution in [1.29, 1.82) is 0 Å². The van der Waals surface area contributed by atoms with Gasteiger partial charge < -0.3 is 57.5 Å². The first-order valence-electron chi connectivity index (χ1n) is 26.4. The van der Waals surface area contributed by atoms with Crippen LogP contribution in [0.1, 0.15) is 38.8 Å². The standard InChI is InChI=1S/C44H40N2O7.C22H26O7/c1-33(47)51-31-29-50-30-32-52-44(48)53-43-27-23-41(24-28-43)46(37-11-7-4-8-12-37)39-19-15-35(16-20-39)34-13-17-38(18-14-34)45(36-9-5-3-6-10-36)40-21-25-42(49-2)26-22-40;1-16(23)27-14-12-26-13-15-28-21(25)29-20-10-6-18(7-11-20)22(2,3)17-4-8-19(24)9-5-17/h3-28H,29-32H2,1-2H3;4-11,24H,12-15H2,1-3H3. The van der Waals surface area contributed by atoms with Gasteiger partial charge >= 0.3 is 24.2 Å². The van der Waals surface area contributed by atoms with Gasteiger partial charge in [0.25, 0.3) is 0 Å². The number of anilines is 6. The summed E-state index contributed by atoms with van der Waals surface area (Å²) in [7, 11) is 1.67. The number of methoxy groups -OCH3 is 1. The van der Waals surface area contributed by atoms with Crippen molar-refractivity contribution in [3.05, 3.63) is 217 Å². The van der Waals surface area contributed by atoms with Gasteiger partial charge in [0.2, 0.25) is 0 Å². The number of carbonyl (C=O) groups is 4. The van der Waals surface area contributed by atoms with E-state index in [1.54, 1.807) is 43.5 Å². The zero-order valence-electron chi connectivity index (χ0n) is 46.4. The Morgan fingerprint density at radius 2 is 0.683 bits per heavy atom. The van der Waals surface area contributed by atoms with Gasteiger partial charge in [0, 0.05) is 53.4 Å². The second-order valence-electron chi connectivity index (χ2n) is 18.6. The lowest BCUT2D eigenvalue weighted by atomic mass is 9.78. The molecule has 0 unspecified atom stereocenters. The van der Waals surface area contributed by atoms with E-state index >= 15 is 0 Å². The van der Waals surface area contributed by atoms with Crippen molar-refractivity contribution >= 4 is 58.4 Å². The summed E-state index contributed by atoms with van der Waals surface area (Å²) in [5.41, 5.74) is 9.95. The van der Waals surface area contributed by atoms with Gasteiger partial charge in [-0.25, -0.2) is 9.59 Å². The number of para-hydroxylation sites is 2. The van der Waals surface area contributed by atoms with Crippen LogP contribution in [-0.4, -0.2) is 89.3 Å². The van der Waals surface area contributed by atoms with E-state index in [9.17, 15) is 24.3 Å². The fourth-order valence-electron chi connectivity index (χ4n) is 8.35. The molecule has 0 aliphatic rings. The minimum absolute atomic E-state index is 0.00867. The number of hydrogen-bond donors (Lipinski definition) is 1. The van der Waals surface area contributed by atoms with Gasteiger partial charge in [-0.05, 0) is 144 Å². The topological polar surface area (TPSA) is 178 Å². The molecule has 0 saturated heterocycles. The molecule has 0 heterocycles. The summed E-state index contributed by atoms with van der Waals surface area (Å²) >= 11 is 0. The monoisotopic (exact) mass is 1110 g/mol. The summed E-state index contributed by atoms with van der Waals surface area (Å²) < 4.78 is 45.8. The molecule has 16 nitrogen and oxygen atoms in total. The number of phenols is 1. The average Bonchev–Trinajstić information content (AvgIpc) is 3.56. The van der Waals surface area contributed by atoms with Crippen molar-refractivity contribution in [2.45, 2.75) is 33.1 Å². The molecule has 16 heteroatoms. The second-order valence-corrected chi connectivity index (χ2v) is 18.6. The molecule has 0 aliphatic heterocycles. The molecule has 0 aromatic heterocycles. The molecule has 0 spiro atoms. The number of aromatic hydroxyl groups is 1. The van der Waals surface area contributed by atoms with E-state index in [-0.39, 0.29) is 76.0 Å². The Bertz CT molecular complexity index is 3230. The summed E-state index contributed by atoms with van der Waals surface area (Å²) in [4.78, 5) is 49.7. The second kappa shape index (κ2) is 30.6. The molecule has 0 bridgehead atoms. The highest BCUT2D eigenvalue weighted by Gasteiger charge is 2.24. The van der Waals surface area contributed by atoms with Crippen LogP contribution in [-0.2, 0) is 43.4 Å². The number of carbonyl (C=O) groups excluding carboxylic acids is 4. The Hall–Kier alpha value is -9.64. The number of esters is 2. The predicted molar refractivity (Wildman–Crippen MR) is 313 cm³/mol. The molecule has 424 valence electrons. The van der Waals surface area contributed by atoms with E-state index in [4.69, 9.17) is 42.6 Å². The Morgan fingerprint density at radius 1 is 0.378 bits per heavy atom. The predicted octanol–water partition coefficient (Wildman–Crippen LogP) is 14.2. The third kappa shape index (κ3) is 18.2. The quantitative estimate of drug-likeness (QED) is 0.0261. The van der Waals surface area contributed by atoms with Crippen LogP contribution in [0, 0.1) is 0 Å². The fraction of sp³-hybridized carbons (Fsp3) is 0.212. The van der Waals surface area contributed by atoms with Crippen molar-refractivity contribution in [3.63, 3.8) is 0 Å². The SMILES string of the molecule is CC(=O)OCCOCCOC(=O)Oc1ccc(C(C)(C)c2ccc(O)cc2)cc1.COc1ccc(N(c2ccccc2)c2ccc(-c3ccc(N(c4ccccc4)c4ccc(OC(=O)OCCOCCOC(C)=O)cc4)cc3)cc2)cc1. The third-order valence-corrected chi connectivity index (χ3v) is 12.6. The largest absolute Gasteiger partial charge is 0.513 e. The number of benzene rings is 8. The number of nitrogens with zero attached hydrogens (tertiary/aromatic N) is 2. The van der Waals surface area contributed by atoms with Crippen molar-refractivity contribution in [1.82, 2.24) is 0 Å². The molecule has 0 fully saturated rings. The van der Waals surface area contributed by atoms with E-state index in [0.717, 1.165) is 62.1 Å². The summed E-state index contributed by atoms with van der Waals surface area (Å²) in [5, 5.41) is 9.46. The van der Waals surface area contributed by atoms with Gasteiger partial charge in [-0.3, -0.25) is 9.59 Å². The molecule has 82 heavy (non-hydrogen) atoms. The number of phenolic OH excluding ortho intramolecular Hbond substituents is 1. The van der Waals surface area contributed by atoms with Gasteiger partial charge in [0.1, 0.15) is 49.4 Å². The number of ether oxygens (including phenoxy) is 9. The van der Waals surface area contributed by atoms with Crippen molar-refractivity contribution < 1.29 is 66.9 Å². The molecule has 0 atom stereocenters. The van der Waals surface area contributed by atoms with Crippen LogP contribution in [0.5, 0.6) is 23.0 Å². The van der Waals surface area contributed by atoms with Gasteiger partial charge in [-0.15, -0.1) is 0 Å². The molecule has 0 radical (unpaired) electrons. The smallest absolute Gasteiger partial charge is 0.508 e. The first kappa shape index (κ1) is 60.0. The van der Waals surface area contributed by atoms with E-state index in [1.165, 1.54) is 13.8 Å². The Balaban J connectivity index is 0.000000282. The van der Waals surface area contributed by atoms with E-state index < -0.39 is 12.3 Å². The Kier molecular flexibility index (Phi) is 22.4. The van der Waals surface area contributed by atoms with Crippen LogP contribution >= 0.6 is 0 Å². The van der Waals surface area contributed by atoms with Crippen LogP contribution in [0.15, 0.2) is 206 Å². The average molecular weight is 1110 g/mol. The van der Waals surface area contributed by atoms with E-state index in [0.29, 0.717) is 11.5 Å². The Labute approximate surface area is 477 Å². The van der Waals surface area contributed by atoms with Crippen LogP contribution in [0.4, 0.5) is 43.7 Å². The van der Waals surface area contributed by atoms with Crippen molar-refractivity contribution in [3.8, 4) is 34.1 Å². The maximum atomic E-state index is 12.2. The summed E-state index contributed by atoms with van der Waals surface area (Å²) in [6, 6.07) is 66.9. The highest BCUT2D eigenvalue weighted by molar-refractivity contribution is 5.81. The minimum atomic E-state index is -0.835. The maximum absolute atomic E-state index is 12.2. The van der Waals surface area contributed by atoms with Crippen LogP contribution < -0.4 is 24.0 Å². The lowest BCUT2D eigenvalue weighted by Crippen LogP contribution is -2.19. The molecular formula is C66H66N2O14. The highest BCUT2D eigenvalue weighted by Crippen LogP contribution is 2.39. The zero-order chi connectivity index (χ0) is 58.1. The van der Waals surface area contributed by atoms with Gasteiger partial charge in [0.15, 0.2) is 0 Å². The molecule has 0 amide bonds. The molecule has 8 aromatic rings. The molecule has 0 aliphatic carbocycles. The molecule has 8 aromatic carbocycles. The van der Waals surface area contributed by atoms with Crippen molar-refractivity contribution in [2.75, 3.05) is 69.8 Å². The maximum Gasteiger partial charge on any atom is 0.513 e. The summed E-state index contributed by atoms with van der Waals surface area (Å²) in [5.74, 6) is 1.01. The summed E-state index contributed by atoms with van der Waals surface area (Å²) in [6.45, 7) is 7.92. The normalized spacial score (nSPS) is 10.7. The molecule has 1 N–H and O–H groups in total. The van der Waals surface area contributed by atoms with Gasteiger partial charge in [-0.2, -0.15) is 0 Å². The third-order valence-electron chi connectivity index (χ3n) is 12.6. The number of rotatable bonds is 24. The molecular weight excluding hydrogens is 1040 g/mol. The Morgan fingerprint density at radius 3 is 1.04 bits per heavy atom. The number of hydrogen-bond acceptors (Lipinski definition) is 16. The minimum Gasteiger partial charge on any atom is -0.508 e. The van der Waals surface area contributed by atoms with Gasteiger partial charge in [-0.1, -0.05) is 98.8 Å². The van der Waals surface area contributed by atoms with Crippen LogP contribution in [0.25, 0.3) is 11.1 Å². The summed E-state index contributed by atoms with van der Waals surface area (Å²) in [6.07, 6.45) is -1.66. The van der Waals surface area contributed by atoms with Crippen molar-refractivity contribution in [2.24, 2.45) is 0 Å². The highest BCUT2D eigenvalue weighted by atomic mass is 16.7. The fourth-order valence-corrected chi connectivity index (χ4v) is 8.35. The molecule has 0 saturated carbocycles. The van der Waals surface area contributed by atoms with Crippen LogP contribution in [0.3, 0.4) is 0 Å². The first-order valence-corrected chi connectivity index (χ1v) is 26.4.